The van der Waals surface area contributed by atoms with E-state index in [1.54, 1.807) is 33.8 Å². The number of amides is 1. The van der Waals surface area contributed by atoms with Gasteiger partial charge in [0, 0.05) is 19.2 Å². The van der Waals surface area contributed by atoms with Crippen LogP contribution in [0.4, 0.5) is 10.5 Å². The van der Waals surface area contributed by atoms with Crippen molar-refractivity contribution in [1.82, 2.24) is 4.90 Å². The number of rotatable bonds is 4. The Morgan fingerprint density at radius 3 is 2.30 bits per heavy atom. The molecular weight excluding hydrogens is 300 g/mol. The monoisotopic (exact) mass is 322 g/mol. The van der Waals surface area contributed by atoms with Crippen molar-refractivity contribution in [3.05, 3.63) is 39.4 Å². The molecule has 0 fully saturated rings. The maximum Gasteiger partial charge on any atom is 0.411 e. The molecule has 23 heavy (non-hydrogen) atoms. The molecular formula is C16H22N2O5. The Kier molecular flexibility index (Phi) is 5.14. The molecule has 1 amide bonds. The first-order valence-electron chi connectivity index (χ1n) is 7.11. The van der Waals surface area contributed by atoms with Crippen LogP contribution in [0.25, 0.3) is 0 Å². The first-order chi connectivity index (χ1) is 10.4. The van der Waals surface area contributed by atoms with Gasteiger partial charge in [0.1, 0.15) is 17.4 Å². The number of benzene rings is 1. The molecule has 0 bridgehead atoms. The van der Waals surface area contributed by atoms with E-state index in [1.807, 2.05) is 0 Å². The Morgan fingerprint density at radius 1 is 1.30 bits per heavy atom. The zero-order valence-electron chi connectivity index (χ0n) is 14.2. The molecule has 1 rings (SSSR count). The number of carbonyl (C=O) groups excluding carboxylic acids is 2. The normalized spacial score (nSPS) is 13.8. The molecule has 0 N–H and O–H groups in total. The van der Waals surface area contributed by atoms with Crippen molar-refractivity contribution in [2.24, 2.45) is 0 Å². The minimum atomic E-state index is -1.38. The predicted molar refractivity (Wildman–Crippen MR) is 85.2 cm³/mol. The first-order valence-corrected chi connectivity index (χ1v) is 7.11. The van der Waals surface area contributed by atoms with Crippen LogP contribution >= 0.6 is 0 Å². The number of hydrogen-bond acceptors (Lipinski definition) is 5. The van der Waals surface area contributed by atoms with Gasteiger partial charge >= 0.3 is 6.09 Å². The van der Waals surface area contributed by atoms with E-state index in [0.29, 0.717) is 17.4 Å². The fourth-order valence-corrected chi connectivity index (χ4v) is 2.11. The van der Waals surface area contributed by atoms with Gasteiger partial charge in [0.15, 0.2) is 0 Å². The third-order valence-electron chi connectivity index (χ3n) is 3.57. The summed E-state index contributed by atoms with van der Waals surface area (Å²) in [6, 6.07) is 4.22. The van der Waals surface area contributed by atoms with Crippen molar-refractivity contribution < 1.29 is 19.2 Å². The molecule has 7 nitrogen and oxygen atoms in total. The van der Waals surface area contributed by atoms with Gasteiger partial charge < -0.3 is 9.53 Å². The smallest absolute Gasteiger partial charge is 0.411 e. The summed E-state index contributed by atoms with van der Waals surface area (Å²) >= 11 is 0. The lowest BCUT2D eigenvalue weighted by atomic mass is 9.88. The van der Waals surface area contributed by atoms with E-state index in [4.69, 9.17) is 4.74 Å². The van der Waals surface area contributed by atoms with E-state index in [1.165, 1.54) is 26.1 Å². The molecule has 7 heteroatoms. The van der Waals surface area contributed by atoms with Crippen molar-refractivity contribution in [2.45, 2.75) is 45.8 Å². The van der Waals surface area contributed by atoms with Crippen molar-refractivity contribution in [2.75, 3.05) is 7.05 Å². The lowest BCUT2D eigenvalue weighted by Gasteiger charge is -2.36. The number of aldehydes is 1. The Bertz CT molecular complexity index is 636. The Balaban J connectivity index is 3.34. The van der Waals surface area contributed by atoms with Crippen molar-refractivity contribution in [3.8, 4) is 0 Å². The number of non-ortho nitro benzene ring substituents is 1. The Morgan fingerprint density at radius 2 is 1.87 bits per heavy atom. The second-order valence-electron chi connectivity index (χ2n) is 6.56. The van der Waals surface area contributed by atoms with Crippen LogP contribution in [0.5, 0.6) is 0 Å². The van der Waals surface area contributed by atoms with Gasteiger partial charge in [-0.1, -0.05) is 6.07 Å². The van der Waals surface area contributed by atoms with Gasteiger partial charge in [-0.05, 0) is 45.7 Å². The van der Waals surface area contributed by atoms with Gasteiger partial charge in [-0.25, -0.2) is 4.79 Å². The minimum Gasteiger partial charge on any atom is -0.444 e. The molecule has 1 atom stereocenters. The van der Waals surface area contributed by atoms with Gasteiger partial charge in [0.05, 0.1) is 4.92 Å². The van der Waals surface area contributed by atoms with Gasteiger partial charge in [0.2, 0.25) is 0 Å². The molecule has 0 saturated heterocycles. The van der Waals surface area contributed by atoms with Gasteiger partial charge in [-0.2, -0.15) is 0 Å². The minimum absolute atomic E-state index is 0.142. The highest BCUT2D eigenvalue weighted by molar-refractivity contribution is 5.78. The summed E-state index contributed by atoms with van der Waals surface area (Å²) in [5, 5.41) is 11.0. The zero-order valence-corrected chi connectivity index (χ0v) is 14.2. The summed E-state index contributed by atoms with van der Waals surface area (Å²) in [5.74, 6) is 0. The van der Waals surface area contributed by atoms with Crippen LogP contribution in [0.15, 0.2) is 18.2 Å². The van der Waals surface area contributed by atoms with Crippen LogP contribution in [0.1, 0.15) is 38.8 Å². The molecule has 1 unspecified atom stereocenters. The SMILES string of the molecule is Cc1ccc([N+](=O)[O-])cc1C(C)(C=O)N(C)C(=O)OC(C)(C)C. The number of nitro groups is 1. The zero-order chi connectivity index (χ0) is 18.0. The van der Waals surface area contributed by atoms with Crippen LogP contribution in [-0.2, 0) is 15.1 Å². The van der Waals surface area contributed by atoms with Crippen molar-refractivity contribution >= 4 is 18.1 Å². The molecule has 0 aliphatic carbocycles. The average molecular weight is 322 g/mol. The van der Waals surface area contributed by atoms with Gasteiger partial charge in [0.25, 0.3) is 5.69 Å². The van der Waals surface area contributed by atoms with Gasteiger partial charge in [-0.15, -0.1) is 0 Å². The Hall–Kier alpha value is -2.44. The first kappa shape index (κ1) is 18.6. The molecule has 1 aromatic rings. The highest BCUT2D eigenvalue weighted by Gasteiger charge is 2.38. The summed E-state index contributed by atoms with van der Waals surface area (Å²) < 4.78 is 5.28. The van der Waals surface area contributed by atoms with Crippen LogP contribution in [0.3, 0.4) is 0 Å². The summed E-state index contributed by atoms with van der Waals surface area (Å²) in [4.78, 5) is 35.6. The molecule has 0 aliphatic heterocycles. The summed E-state index contributed by atoms with van der Waals surface area (Å²) in [7, 11) is 1.43. The highest BCUT2D eigenvalue weighted by atomic mass is 16.6. The Labute approximate surface area is 135 Å². The maximum atomic E-state index is 12.3. The quantitative estimate of drug-likeness (QED) is 0.482. The van der Waals surface area contributed by atoms with Crippen LogP contribution < -0.4 is 0 Å². The second-order valence-corrected chi connectivity index (χ2v) is 6.56. The average Bonchev–Trinajstić information content (AvgIpc) is 2.44. The van der Waals surface area contributed by atoms with Crippen LogP contribution in [0, 0.1) is 17.0 Å². The third kappa shape index (κ3) is 4.06. The van der Waals surface area contributed by atoms with E-state index >= 15 is 0 Å². The maximum absolute atomic E-state index is 12.3. The molecule has 0 aliphatic rings. The number of nitrogens with zero attached hydrogens (tertiary/aromatic N) is 2. The highest BCUT2D eigenvalue weighted by Crippen LogP contribution is 2.31. The predicted octanol–water partition coefficient (Wildman–Crippen LogP) is 3.18. The fourth-order valence-electron chi connectivity index (χ4n) is 2.11. The largest absolute Gasteiger partial charge is 0.444 e. The van der Waals surface area contributed by atoms with E-state index in [-0.39, 0.29) is 5.69 Å². The summed E-state index contributed by atoms with van der Waals surface area (Å²) in [6.45, 7) is 8.40. The molecule has 1 aromatic carbocycles. The standard InChI is InChI=1S/C16H22N2O5/c1-11-7-8-12(18(21)22)9-13(11)16(5,10-19)17(6)14(20)23-15(2,3)4/h7-10H,1-6H3. The number of aryl methyl sites for hydroxylation is 1. The topological polar surface area (TPSA) is 89.8 Å². The molecule has 0 radical (unpaired) electrons. The lowest BCUT2D eigenvalue weighted by molar-refractivity contribution is -0.385. The number of ether oxygens (including phenoxy) is 1. The second kappa shape index (κ2) is 6.36. The molecule has 0 saturated carbocycles. The summed E-state index contributed by atoms with van der Waals surface area (Å²) in [5.41, 5.74) is -1.18. The molecule has 126 valence electrons. The van der Waals surface area contributed by atoms with Gasteiger partial charge in [-0.3, -0.25) is 15.0 Å². The lowest BCUT2D eigenvalue weighted by Crippen LogP contribution is -2.48. The van der Waals surface area contributed by atoms with Crippen LogP contribution in [0.2, 0.25) is 0 Å². The number of likely N-dealkylation sites (N-methyl/N-ethyl adjacent to an activating group) is 1. The number of nitro benzene ring substituents is 1. The third-order valence-corrected chi connectivity index (χ3v) is 3.57. The van der Waals surface area contributed by atoms with Crippen molar-refractivity contribution in [3.63, 3.8) is 0 Å². The molecule has 0 spiro atoms. The number of carbonyl (C=O) groups is 2. The van der Waals surface area contributed by atoms with E-state index in [0.717, 1.165) is 4.90 Å². The fraction of sp³-hybridized carbons (Fsp3) is 0.500. The van der Waals surface area contributed by atoms with E-state index in [2.05, 4.69) is 0 Å². The molecule has 0 heterocycles. The molecule has 0 aromatic heterocycles. The van der Waals surface area contributed by atoms with Crippen LogP contribution in [-0.4, -0.2) is 34.9 Å². The summed E-state index contributed by atoms with van der Waals surface area (Å²) in [6.07, 6.45) is -0.0961. The van der Waals surface area contributed by atoms with Crippen molar-refractivity contribution in [1.29, 1.82) is 0 Å². The number of hydrogen-bond donors (Lipinski definition) is 0. The van der Waals surface area contributed by atoms with E-state index < -0.39 is 22.2 Å². The van der Waals surface area contributed by atoms with E-state index in [9.17, 15) is 19.7 Å².